The first-order chi connectivity index (χ1) is 25.8. The molecule has 0 unspecified atom stereocenters. The molecule has 2 heteroatoms. The maximum absolute atomic E-state index is 6.87. The normalized spacial score (nSPS) is 11.8. The molecule has 2 nitrogen and oxygen atoms in total. The summed E-state index contributed by atoms with van der Waals surface area (Å²) >= 11 is 0. The van der Waals surface area contributed by atoms with Gasteiger partial charge in [0.05, 0.1) is 11.1 Å². The SMILES string of the molecule is c1ccc2c(-c3ccc(N(c4ccc5c(ccc6ccccc65)c4)c4ccc5ccc6ccccc6c5c4)c4c3oc3ccccc34)cccc2c1. The molecular weight excluding hydrogens is 631 g/mol. The molecule has 0 bridgehead atoms. The van der Waals surface area contributed by atoms with E-state index in [1.165, 1.54) is 53.9 Å². The molecule has 0 aliphatic rings. The molecule has 242 valence electrons. The molecule has 1 aromatic heterocycles. The topological polar surface area (TPSA) is 16.4 Å². The molecule has 0 aliphatic carbocycles. The number of benzene rings is 10. The highest BCUT2D eigenvalue weighted by molar-refractivity contribution is 6.19. The monoisotopic (exact) mass is 661 g/mol. The zero-order chi connectivity index (χ0) is 34.2. The molecule has 0 atom stereocenters. The maximum atomic E-state index is 6.87. The van der Waals surface area contributed by atoms with E-state index in [1.54, 1.807) is 0 Å². The Labute approximate surface area is 300 Å². The summed E-state index contributed by atoms with van der Waals surface area (Å²) in [5, 5.41) is 14.5. The number of fused-ring (bicyclic) bond motifs is 10. The summed E-state index contributed by atoms with van der Waals surface area (Å²) in [4.78, 5) is 2.42. The predicted octanol–water partition coefficient (Wildman–Crippen LogP) is 14.5. The van der Waals surface area contributed by atoms with Crippen LogP contribution >= 0.6 is 0 Å². The zero-order valence-corrected chi connectivity index (χ0v) is 28.3. The highest BCUT2D eigenvalue weighted by Gasteiger charge is 2.23. The summed E-state index contributed by atoms with van der Waals surface area (Å²) in [6.07, 6.45) is 0. The van der Waals surface area contributed by atoms with Gasteiger partial charge in [0.2, 0.25) is 0 Å². The van der Waals surface area contributed by atoms with E-state index >= 15 is 0 Å². The van der Waals surface area contributed by atoms with E-state index in [0.717, 1.165) is 50.1 Å². The van der Waals surface area contributed by atoms with E-state index in [9.17, 15) is 0 Å². The lowest BCUT2D eigenvalue weighted by Gasteiger charge is -2.27. The maximum Gasteiger partial charge on any atom is 0.145 e. The number of rotatable bonds is 4. The quantitative estimate of drug-likeness (QED) is 0.175. The molecule has 0 fully saturated rings. The highest BCUT2D eigenvalue weighted by atomic mass is 16.3. The Balaban J connectivity index is 1.23. The number of para-hydroxylation sites is 1. The van der Waals surface area contributed by atoms with Crippen molar-refractivity contribution in [2.75, 3.05) is 4.90 Å². The van der Waals surface area contributed by atoms with E-state index in [-0.39, 0.29) is 0 Å². The smallest absolute Gasteiger partial charge is 0.145 e. The Kier molecular flexibility index (Phi) is 6.28. The van der Waals surface area contributed by atoms with Gasteiger partial charge < -0.3 is 9.32 Å². The molecule has 0 radical (unpaired) electrons. The van der Waals surface area contributed by atoms with Crippen LogP contribution in [0.1, 0.15) is 0 Å². The molecule has 52 heavy (non-hydrogen) atoms. The minimum absolute atomic E-state index is 0.876. The molecule has 0 N–H and O–H groups in total. The Hall–Kier alpha value is -6.90. The van der Waals surface area contributed by atoms with Crippen molar-refractivity contribution >= 4 is 92.9 Å². The third-order valence-corrected chi connectivity index (χ3v) is 10.8. The van der Waals surface area contributed by atoms with Crippen molar-refractivity contribution in [3.05, 3.63) is 188 Å². The second-order valence-electron chi connectivity index (χ2n) is 13.7. The van der Waals surface area contributed by atoms with Crippen molar-refractivity contribution in [2.24, 2.45) is 0 Å². The van der Waals surface area contributed by atoms with Crippen molar-refractivity contribution in [3.63, 3.8) is 0 Å². The van der Waals surface area contributed by atoms with Crippen LogP contribution in [0, 0.1) is 0 Å². The average Bonchev–Trinajstić information content (AvgIpc) is 3.61. The summed E-state index contributed by atoms with van der Waals surface area (Å²) in [6, 6.07) is 68.1. The van der Waals surface area contributed by atoms with E-state index in [1.807, 2.05) is 0 Å². The molecule has 0 saturated carbocycles. The van der Waals surface area contributed by atoms with Crippen LogP contribution < -0.4 is 4.90 Å². The first kappa shape index (κ1) is 28.9. The third kappa shape index (κ3) is 4.38. The van der Waals surface area contributed by atoms with Crippen LogP contribution in [0.5, 0.6) is 0 Å². The molecule has 1 heterocycles. The molecule has 10 aromatic carbocycles. The standard InChI is InChI=1S/C50H31NO/c1-5-15-40-32(10-1)13-9-18-43(40)44-28-29-47(49-45-17-7-8-19-48(45)52-50(44)49)51(37-26-27-42-36(30-37)23-22-33-11-2-4-14-39(33)42)38-25-24-35-21-20-34-12-3-6-16-41(34)46(35)31-38/h1-31H. The Morgan fingerprint density at radius 2 is 0.865 bits per heavy atom. The number of furan rings is 1. The van der Waals surface area contributed by atoms with Gasteiger partial charge in [-0.1, -0.05) is 146 Å². The predicted molar refractivity (Wildman–Crippen MR) is 221 cm³/mol. The van der Waals surface area contributed by atoms with Gasteiger partial charge in [0.25, 0.3) is 0 Å². The van der Waals surface area contributed by atoms with Gasteiger partial charge in [-0.15, -0.1) is 0 Å². The number of nitrogens with zero attached hydrogens (tertiary/aromatic N) is 1. The van der Waals surface area contributed by atoms with Crippen molar-refractivity contribution in [2.45, 2.75) is 0 Å². The van der Waals surface area contributed by atoms with Crippen LogP contribution in [-0.4, -0.2) is 0 Å². The summed E-state index contributed by atoms with van der Waals surface area (Å²) < 4.78 is 6.87. The summed E-state index contributed by atoms with van der Waals surface area (Å²) in [5.41, 5.74) is 7.26. The first-order valence-corrected chi connectivity index (χ1v) is 17.8. The second kappa shape index (κ2) is 11.3. The van der Waals surface area contributed by atoms with Gasteiger partial charge in [0, 0.05) is 22.3 Å². The molecular formula is C50H31NO. The van der Waals surface area contributed by atoms with Crippen LogP contribution in [0.25, 0.3) is 86.9 Å². The molecule has 11 rings (SSSR count). The van der Waals surface area contributed by atoms with E-state index in [0.29, 0.717) is 0 Å². The van der Waals surface area contributed by atoms with E-state index in [2.05, 4.69) is 193 Å². The molecule has 11 aromatic rings. The summed E-state index contributed by atoms with van der Waals surface area (Å²) in [7, 11) is 0. The lowest BCUT2D eigenvalue weighted by Crippen LogP contribution is -2.10. The van der Waals surface area contributed by atoms with Gasteiger partial charge in [0.1, 0.15) is 11.2 Å². The molecule has 0 saturated heterocycles. The van der Waals surface area contributed by atoms with Gasteiger partial charge >= 0.3 is 0 Å². The zero-order valence-electron chi connectivity index (χ0n) is 28.3. The van der Waals surface area contributed by atoms with Crippen molar-refractivity contribution in [1.82, 2.24) is 0 Å². The van der Waals surface area contributed by atoms with Crippen molar-refractivity contribution in [1.29, 1.82) is 0 Å². The molecule has 0 aliphatic heterocycles. The van der Waals surface area contributed by atoms with Crippen molar-refractivity contribution in [3.8, 4) is 11.1 Å². The van der Waals surface area contributed by atoms with Gasteiger partial charge in [-0.05, 0) is 102 Å². The minimum atomic E-state index is 0.876. The van der Waals surface area contributed by atoms with Crippen LogP contribution in [-0.2, 0) is 0 Å². The second-order valence-corrected chi connectivity index (χ2v) is 13.7. The largest absolute Gasteiger partial charge is 0.455 e. The first-order valence-electron chi connectivity index (χ1n) is 17.8. The average molecular weight is 662 g/mol. The Morgan fingerprint density at radius 1 is 0.327 bits per heavy atom. The lowest BCUT2D eigenvalue weighted by molar-refractivity contribution is 0.670. The van der Waals surface area contributed by atoms with Gasteiger partial charge in [-0.2, -0.15) is 0 Å². The van der Waals surface area contributed by atoms with Gasteiger partial charge in [-0.3, -0.25) is 0 Å². The van der Waals surface area contributed by atoms with Crippen molar-refractivity contribution < 1.29 is 4.42 Å². The fourth-order valence-electron chi connectivity index (χ4n) is 8.37. The van der Waals surface area contributed by atoms with Crippen LogP contribution in [0.4, 0.5) is 17.1 Å². The van der Waals surface area contributed by atoms with Crippen LogP contribution in [0.2, 0.25) is 0 Å². The number of hydrogen-bond acceptors (Lipinski definition) is 2. The van der Waals surface area contributed by atoms with Gasteiger partial charge in [0.15, 0.2) is 0 Å². The third-order valence-electron chi connectivity index (χ3n) is 10.8. The fraction of sp³-hybridized carbons (Fsp3) is 0. The summed E-state index contributed by atoms with van der Waals surface area (Å²) in [5.74, 6) is 0. The Morgan fingerprint density at radius 3 is 1.65 bits per heavy atom. The summed E-state index contributed by atoms with van der Waals surface area (Å²) in [6.45, 7) is 0. The van der Waals surface area contributed by atoms with Crippen LogP contribution in [0.3, 0.4) is 0 Å². The highest BCUT2D eigenvalue weighted by Crippen LogP contribution is 2.48. The minimum Gasteiger partial charge on any atom is -0.455 e. The lowest BCUT2D eigenvalue weighted by atomic mass is 9.95. The molecule has 0 spiro atoms. The van der Waals surface area contributed by atoms with E-state index < -0.39 is 0 Å². The molecule has 0 amide bonds. The fourth-order valence-corrected chi connectivity index (χ4v) is 8.37. The Bertz CT molecular complexity index is 3200. The van der Waals surface area contributed by atoms with E-state index in [4.69, 9.17) is 4.42 Å². The number of anilines is 3. The van der Waals surface area contributed by atoms with Crippen LogP contribution in [0.15, 0.2) is 192 Å². The van der Waals surface area contributed by atoms with Gasteiger partial charge in [-0.25, -0.2) is 0 Å². The number of hydrogen-bond donors (Lipinski definition) is 0.